The van der Waals surface area contributed by atoms with E-state index in [0.717, 1.165) is 18.5 Å². The molecule has 25 heavy (non-hydrogen) atoms. The normalized spacial score (nSPS) is 27.0. The van der Waals surface area contributed by atoms with Crippen LogP contribution in [0.15, 0.2) is 18.3 Å². The fourth-order valence-electron chi connectivity index (χ4n) is 3.97. The van der Waals surface area contributed by atoms with Gasteiger partial charge in [0, 0.05) is 38.9 Å². The quantitative estimate of drug-likeness (QED) is 0.837. The van der Waals surface area contributed by atoms with Crippen LogP contribution in [0.4, 0.5) is 0 Å². The van der Waals surface area contributed by atoms with Crippen LogP contribution in [0, 0.1) is 12.8 Å². The first-order chi connectivity index (χ1) is 12.1. The molecule has 4 rings (SSSR count). The van der Waals surface area contributed by atoms with Crippen LogP contribution in [0.1, 0.15) is 41.7 Å². The van der Waals surface area contributed by atoms with E-state index in [4.69, 9.17) is 4.74 Å². The molecule has 3 heterocycles. The molecule has 0 N–H and O–H groups in total. The van der Waals surface area contributed by atoms with Gasteiger partial charge in [-0.05, 0) is 43.7 Å². The maximum Gasteiger partial charge on any atom is 0.272 e. The Morgan fingerprint density at radius 2 is 2.28 bits per heavy atom. The summed E-state index contributed by atoms with van der Waals surface area (Å²) in [6, 6.07) is 3.73. The van der Waals surface area contributed by atoms with Crippen LogP contribution in [0.3, 0.4) is 0 Å². The van der Waals surface area contributed by atoms with Gasteiger partial charge < -0.3 is 14.5 Å². The molecule has 1 aromatic rings. The second-order valence-corrected chi connectivity index (χ2v) is 7.62. The van der Waals surface area contributed by atoms with E-state index in [1.807, 2.05) is 28.9 Å². The number of carbonyl (C=O) groups excluding carboxylic acids is 2. The molecule has 1 aliphatic carbocycles. The van der Waals surface area contributed by atoms with Crippen LogP contribution in [-0.4, -0.2) is 65.0 Å². The number of aryl methyl sites for hydroxylation is 1. The highest BCUT2D eigenvalue weighted by molar-refractivity contribution is 5.94. The van der Waals surface area contributed by atoms with Gasteiger partial charge in [0.15, 0.2) is 0 Å². The van der Waals surface area contributed by atoms with Crippen LogP contribution < -0.4 is 0 Å². The number of aromatic nitrogens is 1. The molecule has 1 spiro atoms. The van der Waals surface area contributed by atoms with Crippen molar-refractivity contribution in [1.29, 1.82) is 0 Å². The van der Waals surface area contributed by atoms with Gasteiger partial charge in [-0.2, -0.15) is 0 Å². The molecule has 3 fully saturated rings. The fraction of sp³-hybridized carbons (Fsp3) is 0.632. The predicted molar refractivity (Wildman–Crippen MR) is 92.1 cm³/mol. The molecule has 1 aromatic heterocycles. The Morgan fingerprint density at radius 3 is 2.96 bits per heavy atom. The average molecular weight is 343 g/mol. The van der Waals surface area contributed by atoms with Gasteiger partial charge in [-0.25, -0.2) is 0 Å². The van der Waals surface area contributed by atoms with E-state index in [2.05, 4.69) is 4.98 Å². The van der Waals surface area contributed by atoms with Crippen molar-refractivity contribution < 1.29 is 14.3 Å². The Balaban J connectivity index is 1.61. The summed E-state index contributed by atoms with van der Waals surface area (Å²) in [5, 5.41) is 0. The lowest BCUT2D eigenvalue weighted by Gasteiger charge is -2.40. The standard InChI is InChI=1S/C19H25N3O3/c1-14-3-2-8-20-17(14)18(24)21-9-6-16(23)22(11-15-4-5-15)19(12-21)7-10-25-13-19/h2-3,8,15H,4-7,9-13H2,1H3. The van der Waals surface area contributed by atoms with Crippen LogP contribution in [0.2, 0.25) is 0 Å². The second-order valence-electron chi connectivity index (χ2n) is 7.62. The van der Waals surface area contributed by atoms with Crippen molar-refractivity contribution in [2.75, 3.05) is 32.8 Å². The zero-order valence-corrected chi connectivity index (χ0v) is 14.7. The lowest BCUT2D eigenvalue weighted by molar-refractivity contribution is -0.136. The van der Waals surface area contributed by atoms with E-state index < -0.39 is 0 Å². The van der Waals surface area contributed by atoms with Crippen molar-refractivity contribution in [3.05, 3.63) is 29.6 Å². The summed E-state index contributed by atoms with van der Waals surface area (Å²) in [5.41, 5.74) is 0.989. The molecule has 0 radical (unpaired) electrons. The van der Waals surface area contributed by atoms with E-state index in [0.29, 0.717) is 44.3 Å². The molecule has 6 heteroatoms. The van der Waals surface area contributed by atoms with Gasteiger partial charge in [0.1, 0.15) is 5.69 Å². The van der Waals surface area contributed by atoms with Crippen molar-refractivity contribution >= 4 is 11.8 Å². The Kier molecular flexibility index (Phi) is 4.23. The topological polar surface area (TPSA) is 62.7 Å². The predicted octanol–water partition coefficient (Wildman–Crippen LogP) is 1.63. The highest BCUT2D eigenvalue weighted by atomic mass is 16.5. The second kappa shape index (κ2) is 6.41. The maximum absolute atomic E-state index is 13.1. The molecule has 3 aliphatic rings. The number of carbonyl (C=O) groups is 2. The van der Waals surface area contributed by atoms with E-state index in [1.165, 1.54) is 12.8 Å². The smallest absolute Gasteiger partial charge is 0.272 e. The molecule has 0 aromatic carbocycles. The highest BCUT2D eigenvalue weighted by Crippen LogP contribution is 2.37. The number of nitrogens with zero attached hydrogens (tertiary/aromatic N) is 3. The van der Waals surface area contributed by atoms with Crippen molar-refractivity contribution in [3.8, 4) is 0 Å². The van der Waals surface area contributed by atoms with Gasteiger partial charge in [0.05, 0.1) is 12.1 Å². The zero-order valence-electron chi connectivity index (χ0n) is 14.7. The fourth-order valence-corrected chi connectivity index (χ4v) is 3.97. The molecule has 2 amide bonds. The summed E-state index contributed by atoms with van der Waals surface area (Å²) in [6.07, 6.45) is 5.24. The summed E-state index contributed by atoms with van der Waals surface area (Å²) >= 11 is 0. The number of ether oxygens (including phenoxy) is 1. The summed E-state index contributed by atoms with van der Waals surface area (Å²) in [5.74, 6) is 0.706. The molecule has 134 valence electrons. The van der Waals surface area contributed by atoms with Crippen molar-refractivity contribution in [2.45, 2.75) is 38.1 Å². The summed E-state index contributed by atoms with van der Waals surface area (Å²) in [7, 11) is 0. The largest absolute Gasteiger partial charge is 0.379 e. The van der Waals surface area contributed by atoms with Crippen LogP contribution in [0.5, 0.6) is 0 Å². The molecule has 1 saturated carbocycles. The number of hydrogen-bond acceptors (Lipinski definition) is 4. The first-order valence-corrected chi connectivity index (χ1v) is 9.18. The van der Waals surface area contributed by atoms with E-state index in [9.17, 15) is 9.59 Å². The Morgan fingerprint density at radius 1 is 1.44 bits per heavy atom. The van der Waals surface area contributed by atoms with Crippen molar-refractivity contribution in [2.24, 2.45) is 5.92 Å². The Hall–Kier alpha value is -1.95. The zero-order chi connectivity index (χ0) is 17.4. The van der Waals surface area contributed by atoms with Crippen LogP contribution in [0.25, 0.3) is 0 Å². The Labute approximate surface area is 148 Å². The monoisotopic (exact) mass is 343 g/mol. The van der Waals surface area contributed by atoms with Crippen LogP contribution in [-0.2, 0) is 9.53 Å². The minimum absolute atomic E-state index is 0.0783. The highest BCUT2D eigenvalue weighted by Gasteiger charge is 2.48. The van der Waals surface area contributed by atoms with Crippen molar-refractivity contribution in [3.63, 3.8) is 0 Å². The maximum atomic E-state index is 13.1. The number of rotatable bonds is 3. The minimum atomic E-state index is -0.367. The lowest BCUT2D eigenvalue weighted by Crippen LogP contribution is -2.57. The van der Waals surface area contributed by atoms with E-state index in [-0.39, 0.29) is 17.4 Å². The van der Waals surface area contributed by atoms with Gasteiger partial charge >= 0.3 is 0 Å². The first kappa shape index (κ1) is 16.5. The third kappa shape index (κ3) is 3.15. The lowest BCUT2D eigenvalue weighted by atomic mass is 9.94. The SMILES string of the molecule is Cc1cccnc1C(=O)N1CCC(=O)N(CC2CC2)C2(CCOC2)C1. The third-order valence-corrected chi connectivity index (χ3v) is 5.67. The number of amides is 2. The van der Waals surface area contributed by atoms with Gasteiger partial charge in [-0.15, -0.1) is 0 Å². The molecular weight excluding hydrogens is 318 g/mol. The molecule has 1 atom stereocenters. The van der Waals surface area contributed by atoms with E-state index >= 15 is 0 Å². The van der Waals surface area contributed by atoms with Gasteiger partial charge in [-0.3, -0.25) is 14.6 Å². The Bertz CT molecular complexity index is 680. The summed E-state index contributed by atoms with van der Waals surface area (Å²) in [4.78, 5) is 34.0. The van der Waals surface area contributed by atoms with Gasteiger partial charge in [0.25, 0.3) is 5.91 Å². The average Bonchev–Trinajstić information content (AvgIpc) is 3.34. The first-order valence-electron chi connectivity index (χ1n) is 9.18. The van der Waals surface area contributed by atoms with Crippen molar-refractivity contribution in [1.82, 2.24) is 14.8 Å². The third-order valence-electron chi connectivity index (χ3n) is 5.67. The summed E-state index contributed by atoms with van der Waals surface area (Å²) < 4.78 is 5.68. The number of hydrogen-bond donors (Lipinski definition) is 0. The molecule has 2 saturated heterocycles. The van der Waals surface area contributed by atoms with Gasteiger partial charge in [0.2, 0.25) is 5.91 Å². The summed E-state index contributed by atoms with van der Waals surface area (Å²) in [6.45, 7) is 4.89. The number of pyridine rings is 1. The molecular formula is C19H25N3O3. The molecule has 1 unspecified atom stereocenters. The minimum Gasteiger partial charge on any atom is -0.379 e. The van der Waals surface area contributed by atoms with Gasteiger partial charge in [-0.1, -0.05) is 6.07 Å². The molecule has 0 bridgehead atoms. The van der Waals surface area contributed by atoms with E-state index in [1.54, 1.807) is 6.20 Å². The molecule has 6 nitrogen and oxygen atoms in total. The van der Waals surface area contributed by atoms with Crippen LogP contribution >= 0.6 is 0 Å². The molecule has 2 aliphatic heterocycles.